The van der Waals surface area contributed by atoms with Gasteiger partial charge < -0.3 is 5.11 Å². The summed E-state index contributed by atoms with van der Waals surface area (Å²) in [6.07, 6.45) is 3.52. The van der Waals surface area contributed by atoms with Gasteiger partial charge in [-0.2, -0.15) is 0 Å². The number of ketones is 2. The first kappa shape index (κ1) is 17.9. The van der Waals surface area contributed by atoms with Gasteiger partial charge in [-0.3, -0.25) is 9.59 Å². The highest BCUT2D eigenvalue weighted by Crippen LogP contribution is 2.42. The van der Waals surface area contributed by atoms with Gasteiger partial charge in [0.1, 0.15) is 0 Å². The Morgan fingerprint density at radius 1 is 0.655 bits per heavy atom. The van der Waals surface area contributed by atoms with Gasteiger partial charge in [0.05, 0.1) is 0 Å². The van der Waals surface area contributed by atoms with Gasteiger partial charge in [0.25, 0.3) is 0 Å². The van der Waals surface area contributed by atoms with Crippen LogP contribution in [0.5, 0.6) is 0 Å². The predicted molar refractivity (Wildman–Crippen MR) is 113 cm³/mol. The number of rotatable bonds is 2. The monoisotopic (exact) mass is 382 g/mol. The average Bonchev–Trinajstić information content (AvgIpc) is 2.78. The zero-order valence-electron chi connectivity index (χ0n) is 16.1. The van der Waals surface area contributed by atoms with Crippen molar-refractivity contribution in [3.05, 3.63) is 94.8 Å². The summed E-state index contributed by atoms with van der Waals surface area (Å²) in [5, 5.41) is 12.5. The predicted octanol–water partition coefficient (Wildman–Crippen LogP) is 6.00. The molecule has 1 saturated carbocycles. The molecule has 0 bridgehead atoms. The van der Waals surface area contributed by atoms with Crippen LogP contribution in [0.1, 0.15) is 57.9 Å². The third-order valence-electron chi connectivity index (χ3n) is 6.50. The number of hydrogen-bond acceptors (Lipinski definition) is 3. The van der Waals surface area contributed by atoms with Crippen molar-refractivity contribution in [1.82, 2.24) is 0 Å². The van der Waals surface area contributed by atoms with E-state index in [1.54, 1.807) is 12.1 Å². The maximum Gasteiger partial charge on any atom is 0.228 e. The molecule has 0 unspecified atom stereocenters. The summed E-state index contributed by atoms with van der Waals surface area (Å²) in [5.41, 5.74) is 2.39. The Morgan fingerprint density at radius 3 is 1.79 bits per heavy atom. The summed E-state index contributed by atoms with van der Waals surface area (Å²) in [6, 6.07) is 21.6. The van der Waals surface area contributed by atoms with E-state index in [9.17, 15) is 14.7 Å². The maximum absolute atomic E-state index is 13.3. The Balaban J connectivity index is 1.46. The smallest absolute Gasteiger partial charge is 0.228 e. The second-order valence-electron chi connectivity index (χ2n) is 8.12. The van der Waals surface area contributed by atoms with Crippen molar-refractivity contribution in [3.63, 3.8) is 0 Å². The van der Waals surface area contributed by atoms with Crippen LogP contribution in [-0.4, -0.2) is 16.7 Å². The number of Topliss-reactive ketones (excluding diaryl/α,β-unsaturated/α-hetero) is 2. The quantitative estimate of drug-likeness (QED) is 0.591. The second kappa shape index (κ2) is 7.00. The largest absolute Gasteiger partial charge is 0.504 e. The van der Waals surface area contributed by atoms with Crippen LogP contribution in [-0.2, 0) is 0 Å². The van der Waals surface area contributed by atoms with Gasteiger partial charge in [-0.15, -0.1) is 0 Å². The summed E-state index contributed by atoms with van der Waals surface area (Å²) in [6.45, 7) is 0. The summed E-state index contributed by atoms with van der Waals surface area (Å²) in [5.74, 6) is -0.552. The lowest BCUT2D eigenvalue weighted by Gasteiger charge is -2.31. The minimum absolute atomic E-state index is 0.0639. The summed E-state index contributed by atoms with van der Waals surface area (Å²) in [4.78, 5) is 26.2. The highest BCUT2D eigenvalue weighted by Gasteiger charge is 2.38. The van der Waals surface area contributed by atoms with Crippen LogP contribution in [0.3, 0.4) is 0 Å². The van der Waals surface area contributed by atoms with Crippen molar-refractivity contribution in [3.8, 4) is 0 Å². The molecule has 2 aliphatic rings. The third kappa shape index (κ3) is 2.98. The molecule has 3 heteroatoms. The zero-order chi connectivity index (χ0) is 20.0. The number of fused-ring (bicyclic) bond motifs is 2. The second-order valence-corrected chi connectivity index (χ2v) is 8.12. The summed E-state index contributed by atoms with van der Waals surface area (Å²) < 4.78 is 0. The molecule has 144 valence electrons. The standard InChI is InChI=1S/C26H22O3/c27-24-21-14-19-8-4-5-9-20(19)15-22(21)25(28)26(29)23(24)18-12-10-17(11-13-18)16-6-2-1-3-7-16/h1-9,14-15,17-18,29H,10-13H2. The minimum atomic E-state index is -0.425. The van der Waals surface area contributed by atoms with E-state index in [2.05, 4.69) is 24.3 Å². The van der Waals surface area contributed by atoms with Gasteiger partial charge in [0, 0.05) is 16.7 Å². The van der Waals surface area contributed by atoms with Gasteiger partial charge >= 0.3 is 0 Å². The number of hydrogen-bond donors (Lipinski definition) is 1. The molecule has 3 aromatic carbocycles. The highest BCUT2D eigenvalue weighted by molar-refractivity contribution is 6.27. The van der Waals surface area contributed by atoms with Crippen LogP contribution in [0.15, 0.2) is 78.1 Å². The van der Waals surface area contributed by atoms with E-state index < -0.39 is 5.78 Å². The van der Waals surface area contributed by atoms with Gasteiger partial charge in [0.2, 0.25) is 5.78 Å². The van der Waals surface area contributed by atoms with Crippen LogP contribution in [0.25, 0.3) is 10.8 Å². The van der Waals surface area contributed by atoms with E-state index >= 15 is 0 Å². The normalized spacial score (nSPS) is 22.1. The molecule has 0 spiro atoms. The molecule has 0 radical (unpaired) electrons. The maximum atomic E-state index is 13.3. The fourth-order valence-electron chi connectivity index (χ4n) is 4.94. The van der Waals surface area contributed by atoms with Crippen LogP contribution < -0.4 is 0 Å². The lowest BCUT2D eigenvalue weighted by Crippen LogP contribution is -2.28. The number of aliphatic hydroxyl groups excluding tert-OH is 1. The Morgan fingerprint density at radius 2 is 1.17 bits per heavy atom. The molecule has 0 saturated heterocycles. The summed E-state index contributed by atoms with van der Waals surface area (Å²) >= 11 is 0. The molecular formula is C26H22O3. The van der Waals surface area contributed by atoms with Gasteiger partial charge in [-0.05, 0) is 66.0 Å². The molecule has 3 nitrogen and oxygen atoms in total. The lowest BCUT2D eigenvalue weighted by atomic mass is 9.72. The molecule has 1 N–H and O–H groups in total. The van der Waals surface area contributed by atoms with Crippen LogP contribution in [0, 0.1) is 5.92 Å². The Bertz CT molecular complexity index is 1150. The van der Waals surface area contributed by atoms with E-state index in [0.29, 0.717) is 22.6 Å². The van der Waals surface area contributed by atoms with Gasteiger partial charge in [-0.1, -0.05) is 54.6 Å². The Kier molecular flexibility index (Phi) is 4.31. The van der Waals surface area contributed by atoms with Gasteiger partial charge in [0.15, 0.2) is 11.5 Å². The molecule has 0 amide bonds. The lowest BCUT2D eigenvalue weighted by molar-refractivity contribution is 0.0914. The molecule has 1 fully saturated rings. The molecule has 0 aliphatic heterocycles. The molecule has 29 heavy (non-hydrogen) atoms. The number of carbonyl (C=O) groups excluding carboxylic acids is 2. The Labute approximate surface area is 169 Å². The van der Waals surface area contributed by atoms with Crippen LogP contribution in [0.4, 0.5) is 0 Å². The van der Waals surface area contributed by atoms with E-state index in [0.717, 1.165) is 36.5 Å². The third-order valence-corrected chi connectivity index (χ3v) is 6.50. The van der Waals surface area contributed by atoms with Crippen molar-refractivity contribution < 1.29 is 14.7 Å². The molecule has 0 aromatic heterocycles. The zero-order valence-corrected chi connectivity index (χ0v) is 16.1. The van der Waals surface area contributed by atoms with E-state index in [-0.39, 0.29) is 17.5 Å². The molecule has 0 heterocycles. The minimum Gasteiger partial charge on any atom is -0.504 e. The van der Waals surface area contributed by atoms with E-state index in [4.69, 9.17) is 0 Å². The molecule has 5 rings (SSSR count). The fraction of sp³-hybridized carbons (Fsp3) is 0.231. The van der Waals surface area contributed by atoms with Crippen molar-refractivity contribution in [2.24, 2.45) is 5.92 Å². The molecule has 3 aromatic rings. The molecular weight excluding hydrogens is 360 g/mol. The van der Waals surface area contributed by atoms with Crippen molar-refractivity contribution >= 4 is 22.3 Å². The molecule has 2 aliphatic carbocycles. The average molecular weight is 382 g/mol. The SMILES string of the molecule is O=C1C(O)=C(C2CCC(c3ccccc3)CC2)C(=O)c2cc3ccccc3cc21. The fourth-order valence-corrected chi connectivity index (χ4v) is 4.94. The van der Waals surface area contributed by atoms with Crippen molar-refractivity contribution in [2.75, 3.05) is 0 Å². The first-order chi connectivity index (χ1) is 14.1. The Hall–Kier alpha value is -3.20. The number of carbonyl (C=O) groups is 2. The van der Waals surface area contributed by atoms with Crippen LogP contribution >= 0.6 is 0 Å². The number of allylic oxidation sites excluding steroid dienone is 2. The first-order valence-corrected chi connectivity index (χ1v) is 10.2. The number of aliphatic hydroxyl groups is 1. The van der Waals surface area contributed by atoms with E-state index in [1.165, 1.54) is 5.56 Å². The highest BCUT2D eigenvalue weighted by atomic mass is 16.3. The van der Waals surface area contributed by atoms with Crippen molar-refractivity contribution in [2.45, 2.75) is 31.6 Å². The van der Waals surface area contributed by atoms with E-state index in [1.807, 2.05) is 30.3 Å². The summed E-state index contributed by atoms with van der Waals surface area (Å²) in [7, 11) is 0. The first-order valence-electron chi connectivity index (χ1n) is 10.2. The van der Waals surface area contributed by atoms with Crippen molar-refractivity contribution in [1.29, 1.82) is 0 Å². The molecule has 0 atom stereocenters. The topological polar surface area (TPSA) is 54.4 Å². The van der Waals surface area contributed by atoms with Crippen LogP contribution in [0.2, 0.25) is 0 Å². The van der Waals surface area contributed by atoms with Gasteiger partial charge in [-0.25, -0.2) is 0 Å². The number of benzene rings is 3.